The van der Waals surface area contributed by atoms with Crippen molar-refractivity contribution in [2.45, 2.75) is 31.5 Å². The van der Waals surface area contributed by atoms with E-state index in [9.17, 15) is 0 Å². The van der Waals surface area contributed by atoms with E-state index in [2.05, 4.69) is 78.7 Å². The van der Waals surface area contributed by atoms with Crippen LogP contribution in [0.5, 0.6) is 5.75 Å². The lowest BCUT2D eigenvalue weighted by Gasteiger charge is -2.46. The van der Waals surface area contributed by atoms with Gasteiger partial charge in [0.1, 0.15) is 5.75 Å². The van der Waals surface area contributed by atoms with Crippen molar-refractivity contribution in [3.05, 3.63) is 102 Å². The molecule has 0 bridgehead atoms. The molecule has 2 heterocycles. The van der Waals surface area contributed by atoms with E-state index in [1.54, 1.807) is 0 Å². The number of fused-ring (bicyclic) bond motifs is 3. The van der Waals surface area contributed by atoms with Gasteiger partial charge in [-0.3, -0.25) is 0 Å². The predicted molar refractivity (Wildman–Crippen MR) is 108 cm³/mol. The third-order valence-corrected chi connectivity index (χ3v) is 5.48. The van der Waals surface area contributed by atoms with Crippen molar-refractivity contribution in [1.29, 1.82) is 0 Å². The lowest BCUT2D eigenvalue weighted by atomic mass is 9.93. The monoisotopic (exact) mass is 354 g/mol. The van der Waals surface area contributed by atoms with Gasteiger partial charge in [0.2, 0.25) is 0 Å². The molecule has 0 amide bonds. The summed E-state index contributed by atoms with van der Waals surface area (Å²) in [4.78, 5) is 0. The van der Waals surface area contributed by atoms with E-state index in [1.807, 2.05) is 18.2 Å². The fourth-order valence-electron chi connectivity index (χ4n) is 4.22. The number of hydrogen-bond donors (Lipinski definition) is 0. The van der Waals surface area contributed by atoms with Crippen LogP contribution in [0.1, 0.15) is 36.1 Å². The van der Waals surface area contributed by atoms with E-state index < -0.39 is 5.72 Å². The summed E-state index contributed by atoms with van der Waals surface area (Å²) in [7, 11) is 0. The van der Waals surface area contributed by atoms with Crippen LogP contribution in [-0.2, 0) is 6.42 Å². The molecule has 3 aromatic rings. The fourth-order valence-corrected chi connectivity index (χ4v) is 4.22. The quantitative estimate of drug-likeness (QED) is 0.647. The third-order valence-electron chi connectivity index (χ3n) is 5.48. The van der Waals surface area contributed by atoms with Crippen molar-refractivity contribution in [2.75, 3.05) is 0 Å². The van der Waals surface area contributed by atoms with Gasteiger partial charge in [-0.1, -0.05) is 78.9 Å². The van der Waals surface area contributed by atoms with Crippen LogP contribution >= 0.6 is 0 Å². The maximum Gasteiger partial charge on any atom is 0.199 e. The van der Waals surface area contributed by atoms with Gasteiger partial charge in [0.25, 0.3) is 0 Å². The van der Waals surface area contributed by atoms with Crippen molar-refractivity contribution in [3.63, 3.8) is 0 Å². The van der Waals surface area contributed by atoms with Crippen LogP contribution in [0.4, 0.5) is 0 Å². The van der Waals surface area contributed by atoms with Crippen LogP contribution in [-0.4, -0.2) is 16.4 Å². The highest BCUT2D eigenvalue weighted by Gasteiger charge is 2.47. The highest BCUT2D eigenvalue weighted by Crippen LogP contribution is 2.47. The summed E-state index contributed by atoms with van der Waals surface area (Å²) in [6, 6.07) is 29.6. The number of para-hydroxylation sites is 1. The van der Waals surface area contributed by atoms with Gasteiger partial charge >= 0.3 is 0 Å². The number of rotatable bonds is 3. The third kappa shape index (κ3) is 2.80. The summed E-state index contributed by atoms with van der Waals surface area (Å²) < 4.78 is 6.54. The Bertz CT molecular complexity index is 984. The van der Waals surface area contributed by atoms with Crippen LogP contribution in [0.2, 0.25) is 0 Å². The van der Waals surface area contributed by atoms with Gasteiger partial charge < -0.3 is 4.74 Å². The van der Waals surface area contributed by atoms with Gasteiger partial charge in [-0.15, -0.1) is 0 Å². The first-order chi connectivity index (χ1) is 13.2. The second-order valence-electron chi connectivity index (χ2n) is 7.45. The Morgan fingerprint density at radius 3 is 2.37 bits per heavy atom. The Morgan fingerprint density at radius 1 is 0.926 bits per heavy atom. The van der Waals surface area contributed by atoms with Gasteiger partial charge in [0.15, 0.2) is 5.72 Å². The van der Waals surface area contributed by atoms with E-state index in [4.69, 9.17) is 9.84 Å². The minimum atomic E-state index is -0.517. The van der Waals surface area contributed by atoms with Gasteiger partial charge in [-0.05, 0) is 24.1 Å². The fraction of sp³-hybridized carbons (Fsp3) is 0.208. The first-order valence-corrected chi connectivity index (χ1v) is 9.47. The molecule has 0 saturated heterocycles. The summed E-state index contributed by atoms with van der Waals surface area (Å²) in [5.41, 5.74) is 4.27. The molecule has 3 aromatic carbocycles. The van der Waals surface area contributed by atoms with Crippen molar-refractivity contribution >= 4 is 5.71 Å². The second-order valence-corrected chi connectivity index (χ2v) is 7.45. The molecule has 0 saturated carbocycles. The lowest BCUT2D eigenvalue weighted by molar-refractivity contribution is -0.105. The van der Waals surface area contributed by atoms with Crippen LogP contribution in [0.25, 0.3) is 0 Å². The molecular weight excluding hydrogens is 332 g/mol. The maximum atomic E-state index is 6.54. The SMILES string of the molecule is C[C@@]1(Cc2ccccc2)Oc2ccccc2[C@@H]2CC(c3ccccc3)=NN21. The molecular formula is C24H22N2O. The average Bonchev–Trinajstić information content (AvgIpc) is 3.16. The largest absolute Gasteiger partial charge is 0.466 e. The summed E-state index contributed by atoms with van der Waals surface area (Å²) in [5.74, 6) is 0.974. The van der Waals surface area contributed by atoms with E-state index in [0.29, 0.717) is 0 Å². The zero-order valence-electron chi connectivity index (χ0n) is 15.4. The normalized spacial score (nSPS) is 23.2. The number of hydrazone groups is 1. The molecule has 0 fully saturated rings. The van der Waals surface area contributed by atoms with E-state index in [0.717, 1.165) is 24.3 Å². The number of benzene rings is 3. The molecule has 0 aromatic heterocycles. The van der Waals surface area contributed by atoms with Crippen LogP contribution < -0.4 is 4.74 Å². The second kappa shape index (κ2) is 6.27. The van der Waals surface area contributed by atoms with E-state index in [-0.39, 0.29) is 6.04 Å². The van der Waals surface area contributed by atoms with Gasteiger partial charge in [-0.2, -0.15) is 5.10 Å². The first kappa shape index (κ1) is 16.1. The summed E-state index contributed by atoms with van der Waals surface area (Å²) in [6.07, 6.45) is 1.68. The van der Waals surface area contributed by atoms with Crippen LogP contribution in [0.3, 0.4) is 0 Å². The van der Waals surface area contributed by atoms with E-state index >= 15 is 0 Å². The molecule has 27 heavy (non-hydrogen) atoms. The molecule has 2 aliphatic heterocycles. The van der Waals surface area contributed by atoms with Gasteiger partial charge in [-0.25, -0.2) is 5.01 Å². The smallest absolute Gasteiger partial charge is 0.199 e. The van der Waals surface area contributed by atoms with Gasteiger partial charge in [0, 0.05) is 18.4 Å². The lowest BCUT2D eigenvalue weighted by Crippen LogP contribution is -2.52. The van der Waals surface area contributed by atoms with Crippen molar-refractivity contribution < 1.29 is 4.74 Å². The molecule has 3 heteroatoms. The molecule has 0 unspecified atom stereocenters. The molecule has 0 radical (unpaired) electrons. The highest BCUT2D eigenvalue weighted by atomic mass is 16.5. The minimum absolute atomic E-state index is 0.207. The first-order valence-electron chi connectivity index (χ1n) is 9.47. The average molecular weight is 354 g/mol. The molecule has 2 atom stereocenters. The van der Waals surface area contributed by atoms with Crippen molar-refractivity contribution in [1.82, 2.24) is 5.01 Å². The minimum Gasteiger partial charge on any atom is -0.466 e. The molecule has 3 nitrogen and oxygen atoms in total. The summed E-state index contributed by atoms with van der Waals surface area (Å²) in [5, 5.41) is 7.24. The molecule has 2 aliphatic rings. The van der Waals surface area contributed by atoms with Crippen LogP contribution in [0, 0.1) is 0 Å². The van der Waals surface area contributed by atoms with E-state index in [1.165, 1.54) is 16.7 Å². The number of nitrogens with zero attached hydrogens (tertiary/aromatic N) is 2. The molecule has 0 aliphatic carbocycles. The highest BCUT2D eigenvalue weighted by molar-refractivity contribution is 6.01. The molecule has 0 N–H and O–H groups in total. The Morgan fingerprint density at radius 2 is 1.59 bits per heavy atom. The molecule has 5 rings (SSSR count). The summed E-state index contributed by atoms with van der Waals surface area (Å²) in [6.45, 7) is 2.15. The zero-order chi connectivity index (χ0) is 18.3. The summed E-state index contributed by atoms with van der Waals surface area (Å²) >= 11 is 0. The van der Waals surface area contributed by atoms with Crippen LogP contribution in [0.15, 0.2) is 90.0 Å². The Labute approximate surface area is 159 Å². The predicted octanol–water partition coefficient (Wildman–Crippen LogP) is 5.19. The molecule has 0 spiro atoms. The zero-order valence-corrected chi connectivity index (χ0v) is 15.4. The maximum absolute atomic E-state index is 6.54. The van der Waals surface area contributed by atoms with Gasteiger partial charge in [0.05, 0.1) is 11.8 Å². The topological polar surface area (TPSA) is 24.8 Å². The number of ether oxygens (including phenoxy) is 1. The standard InChI is InChI=1S/C24H22N2O/c1-24(17-18-10-4-2-5-11-18)26-22(20-14-8-9-15-23(20)27-24)16-21(25-26)19-12-6-3-7-13-19/h2-15,22H,16-17H2,1H3/t22-,24-/m0/s1. The Kier molecular flexibility index (Phi) is 3.75. The van der Waals surface area contributed by atoms with Crippen molar-refractivity contribution in [3.8, 4) is 5.75 Å². The Balaban J connectivity index is 1.58. The van der Waals surface area contributed by atoms with Crippen molar-refractivity contribution in [2.24, 2.45) is 5.10 Å². The molecule has 134 valence electrons. The Hall–Kier alpha value is -3.07. The number of hydrogen-bond acceptors (Lipinski definition) is 3.